The topological polar surface area (TPSA) is 102 Å². The van der Waals surface area contributed by atoms with Crippen LogP contribution in [0.3, 0.4) is 0 Å². The maximum absolute atomic E-state index is 7.42. The molecule has 5 aliphatic heterocycles. The minimum absolute atomic E-state index is 0.176. The fourth-order valence-corrected chi connectivity index (χ4v) is 9.07. The summed E-state index contributed by atoms with van der Waals surface area (Å²) >= 11 is 0. The van der Waals surface area contributed by atoms with E-state index in [0.717, 1.165) is 173 Å². The van der Waals surface area contributed by atoms with E-state index < -0.39 is 49.6 Å². The van der Waals surface area contributed by atoms with Crippen molar-refractivity contribution in [2.24, 2.45) is 5.92 Å². The first kappa shape index (κ1) is 58.9. The first-order chi connectivity index (χ1) is 31.7. The summed E-state index contributed by atoms with van der Waals surface area (Å²) in [6, 6.07) is 0. The van der Waals surface area contributed by atoms with Gasteiger partial charge in [0.05, 0.1) is 0 Å². The first-order valence-corrected chi connectivity index (χ1v) is 28.0. The van der Waals surface area contributed by atoms with Crippen molar-refractivity contribution in [3.63, 3.8) is 0 Å². The molecule has 0 N–H and O–H groups in total. The van der Waals surface area contributed by atoms with Gasteiger partial charge in [-0.3, -0.25) is 37.9 Å². The second kappa shape index (κ2) is 35.6. The monoisotopic (exact) mass is 929 g/mol. The Bertz CT molecular complexity index is 1110. The molecule has 0 spiro atoms. The molecule has 0 saturated carbocycles. The van der Waals surface area contributed by atoms with Crippen LogP contribution in [-0.2, 0) is 52.1 Å². The van der Waals surface area contributed by atoms with Gasteiger partial charge >= 0.3 is 0 Å². The molecule has 65 heavy (non-hydrogen) atoms. The van der Waals surface area contributed by atoms with Gasteiger partial charge in [0.2, 0.25) is 0 Å². The molecular weight excluding hydrogens is 825 g/mol. The predicted molar refractivity (Wildman–Crippen MR) is 259 cm³/mol. The lowest BCUT2D eigenvalue weighted by molar-refractivity contribution is -0.612. The molecular formula is C54H104O11. The van der Waals surface area contributed by atoms with E-state index in [0.29, 0.717) is 50.9 Å². The van der Waals surface area contributed by atoms with E-state index in [9.17, 15) is 0 Å². The Labute approximate surface area is 399 Å². The third-order valence-electron chi connectivity index (χ3n) is 13.1. The van der Waals surface area contributed by atoms with E-state index in [-0.39, 0.29) is 6.79 Å². The van der Waals surface area contributed by atoms with Crippen LogP contribution in [0.25, 0.3) is 0 Å². The number of hydrogen-bond donors (Lipinski definition) is 0. The second-order valence-electron chi connectivity index (χ2n) is 19.9. The average Bonchev–Trinajstić information content (AvgIpc) is 3.26. The summed E-state index contributed by atoms with van der Waals surface area (Å²) in [5.74, 6) is -4.26. The quantitative estimate of drug-likeness (QED) is 0.0557. The summed E-state index contributed by atoms with van der Waals surface area (Å²) in [4.78, 5) is 0. The number of ether oxygens (including phenoxy) is 11. The summed E-state index contributed by atoms with van der Waals surface area (Å²) in [6.45, 7) is 16.6. The van der Waals surface area contributed by atoms with Crippen LogP contribution in [0, 0.1) is 5.92 Å². The Kier molecular flexibility index (Phi) is 32.3. The van der Waals surface area contributed by atoms with Crippen molar-refractivity contribution in [3.05, 3.63) is 0 Å². The summed E-state index contributed by atoms with van der Waals surface area (Å²) < 4.78 is 78.7. The molecule has 0 radical (unpaired) electrons. The predicted octanol–water partition coefficient (Wildman–Crippen LogP) is 16.5. The highest BCUT2D eigenvalue weighted by molar-refractivity contribution is 4.75. The highest BCUT2D eigenvalue weighted by Gasteiger charge is 2.55. The van der Waals surface area contributed by atoms with Gasteiger partial charge in [-0.15, -0.1) is 0 Å². The molecule has 8 atom stereocenters. The van der Waals surface area contributed by atoms with Crippen LogP contribution < -0.4 is 0 Å². The van der Waals surface area contributed by atoms with Gasteiger partial charge in [0.25, 0.3) is 24.4 Å². The fourth-order valence-electron chi connectivity index (χ4n) is 9.07. The number of rotatable bonds is 37. The molecule has 8 unspecified atom stereocenters. The van der Waals surface area contributed by atoms with Crippen molar-refractivity contribution in [2.75, 3.05) is 6.79 Å². The summed E-state index contributed by atoms with van der Waals surface area (Å²) in [6.07, 6.45) is 30.8. The number of fused-ring (bicyclic) bond motifs is 6. The maximum atomic E-state index is 7.42. The number of hydrogen-bond acceptors (Lipinski definition) is 11. The molecule has 0 amide bonds. The lowest BCUT2D eigenvalue weighted by Gasteiger charge is -2.50. The Morgan fingerprint density at radius 3 is 1.23 bits per heavy atom. The van der Waals surface area contributed by atoms with Crippen molar-refractivity contribution in [1.82, 2.24) is 0 Å². The van der Waals surface area contributed by atoms with Gasteiger partial charge in [0.1, 0.15) is 0 Å². The van der Waals surface area contributed by atoms with Crippen molar-refractivity contribution in [2.45, 2.75) is 336 Å². The normalized spacial score (nSPS) is 29.0. The Morgan fingerprint density at radius 1 is 0.369 bits per heavy atom. The third kappa shape index (κ3) is 24.8. The van der Waals surface area contributed by atoms with Crippen LogP contribution in [0.4, 0.5) is 0 Å². The molecule has 386 valence electrons. The van der Waals surface area contributed by atoms with Gasteiger partial charge < -0.3 is 14.2 Å². The van der Waals surface area contributed by atoms with E-state index in [4.69, 9.17) is 52.1 Å². The maximum Gasteiger partial charge on any atom is 0.293 e. The van der Waals surface area contributed by atoms with Crippen LogP contribution in [0.2, 0.25) is 0 Å². The molecule has 5 saturated heterocycles. The van der Waals surface area contributed by atoms with E-state index >= 15 is 0 Å². The van der Waals surface area contributed by atoms with Gasteiger partial charge in [-0.05, 0) is 76.5 Å². The molecule has 5 aliphatic rings. The molecule has 4 bridgehead atoms. The van der Waals surface area contributed by atoms with Crippen LogP contribution in [0.5, 0.6) is 0 Å². The summed E-state index contributed by atoms with van der Waals surface area (Å²) in [7, 11) is 0. The third-order valence-corrected chi connectivity index (χ3v) is 13.1. The molecule has 5 heterocycles. The lowest BCUT2D eigenvalue weighted by Crippen LogP contribution is -2.60. The van der Waals surface area contributed by atoms with E-state index in [1.54, 1.807) is 0 Å². The molecule has 0 aromatic rings. The zero-order valence-electron chi connectivity index (χ0n) is 43.6. The molecule has 5 rings (SSSR count). The Balaban J connectivity index is 2.32. The van der Waals surface area contributed by atoms with Crippen molar-refractivity contribution in [3.8, 4) is 0 Å². The fraction of sp³-hybridized carbons (Fsp3) is 1.00. The SMILES string of the molecule is CCCCCCC1OC(CCCCCC)OC2(CCCCCCC(C)C)OC3OCOC(CCCCCC)(OC(CCCCCC)OC(CCCCCC)(O1)OC(CCCCCC)O3)O2. The van der Waals surface area contributed by atoms with Crippen LogP contribution in [0.15, 0.2) is 0 Å². The first-order valence-electron chi connectivity index (χ1n) is 28.0. The highest BCUT2D eigenvalue weighted by atomic mass is 17.1. The standard InChI is InChI=1S/C54H104O11/c1-9-15-21-30-38-47-57-48(39-31-22-16-10-2)61-54(44-36-28-27-29-37-46(7)8)64-51-55-45-56-52(65-54,42-34-25-19-13-5)62-50(41-33-24-18-12-4)63-53(59-47,43-35-26-20-14-6)60-49(58-51)40-32-23-17-11-3/h46-51H,9-45H2,1-8H3. The van der Waals surface area contributed by atoms with Crippen molar-refractivity contribution >= 4 is 0 Å². The minimum atomic E-state index is -1.72. The Morgan fingerprint density at radius 2 is 0.738 bits per heavy atom. The van der Waals surface area contributed by atoms with Gasteiger partial charge in [0, 0.05) is 19.3 Å². The average molecular weight is 929 g/mol. The second-order valence-corrected chi connectivity index (χ2v) is 19.9. The van der Waals surface area contributed by atoms with Crippen LogP contribution in [-0.4, -0.2) is 56.3 Å². The lowest BCUT2D eigenvalue weighted by atomic mass is 10.0. The van der Waals surface area contributed by atoms with Crippen LogP contribution in [0.1, 0.15) is 287 Å². The summed E-state index contributed by atoms with van der Waals surface area (Å²) in [5, 5.41) is 0. The minimum Gasteiger partial charge on any atom is -0.323 e. The molecule has 0 aromatic carbocycles. The largest absolute Gasteiger partial charge is 0.323 e. The Hall–Kier alpha value is -0.440. The zero-order valence-corrected chi connectivity index (χ0v) is 43.6. The molecule has 11 heteroatoms. The smallest absolute Gasteiger partial charge is 0.293 e. The van der Waals surface area contributed by atoms with Crippen molar-refractivity contribution in [1.29, 1.82) is 0 Å². The van der Waals surface area contributed by atoms with Gasteiger partial charge in [-0.25, -0.2) is 0 Å². The molecule has 0 aliphatic carbocycles. The summed E-state index contributed by atoms with van der Waals surface area (Å²) in [5.41, 5.74) is 0. The van der Waals surface area contributed by atoms with E-state index in [1.165, 1.54) is 12.8 Å². The van der Waals surface area contributed by atoms with Gasteiger partial charge in [-0.1, -0.05) is 197 Å². The number of unbranched alkanes of at least 4 members (excludes halogenated alkanes) is 21. The zero-order chi connectivity index (χ0) is 46.9. The van der Waals surface area contributed by atoms with Gasteiger partial charge in [-0.2, -0.15) is 0 Å². The van der Waals surface area contributed by atoms with E-state index in [2.05, 4.69) is 55.4 Å². The molecule has 0 aromatic heterocycles. The van der Waals surface area contributed by atoms with E-state index in [1.807, 2.05) is 0 Å². The van der Waals surface area contributed by atoms with Gasteiger partial charge in [0.15, 0.2) is 32.0 Å². The van der Waals surface area contributed by atoms with Crippen molar-refractivity contribution < 1.29 is 52.1 Å². The highest BCUT2D eigenvalue weighted by Crippen LogP contribution is 2.44. The van der Waals surface area contributed by atoms with Crippen LogP contribution >= 0.6 is 0 Å². The molecule has 11 nitrogen and oxygen atoms in total. The molecule has 5 fully saturated rings.